The van der Waals surface area contributed by atoms with Crippen molar-refractivity contribution >= 4 is 17.1 Å². The van der Waals surface area contributed by atoms with Gasteiger partial charge in [-0.1, -0.05) is 6.92 Å². The van der Waals surface area contributed by atoms with Crippen LogP contribution >= 0.6 is 11.3 Å². The SMILES string of the molecule is COc1csc(C(=O)c2ccc3c(c2)OCC(C)CO3)c1. The molecule has 110 valence electrons. The lowest BCUT2D eigenvalue weighted by atomic mass is 10.1. The van der Waals surface area contributed by atoms with Crippen LogP contribution in [-0.2, 0) is 0 Å². The van der Waals surface area contributed by atoms with E-state index in [4.69, 9.17) is 14.2 Å². The first-order valence-electron chi connectivity index (χ1n) is 6.74. The first-order chi connectivity index (χ1) is 10.2. The smallest absolute Gasteiger partial charge is 0.203 e. The predicted octanol–water partition coefficient (Wildman–Crippen LogP) is 3.40. The highest BCUT2D eigenvalue weighted by atomic mass is 32.1. The zero-order valence-electron chi connectivity index (χ0n) is 11.9. The third-order valence-electron chi connectivity index (χ3n) is 3.29. The van der Waals surface area contributed by atoms with Crippen molar-refractivity contribution in [1.82, 2.24) is 0 Å². The average Bonchev–Trinajstić information content (AvgIpc) is 2.91. The van der Waals surface area contributed by atoms with Gasteiger partial charge in [-0.25, -0.2) is 0 Å². The zero-order valence-corrected chi connectivity index (χ0v) is 12.7. The van der Waals surface area contributed by atoms with Crippen molar-refractivity contribution in [2.75, 3.05) is 20.3 Å². The van der Waals surface area contributed by atoms with Crippen molar-refractivity contribution in [3.05, 3.63) is 40.1 Å². The maximum absolute atomic E-state index is 12.5. The fourth-order valence-corrected chi connectivity index (χ4v) is 2.90. The van der Waals surface area contributed by atoms with E-state index in [-0.39, 0.29) is 5.78 Å². The molecule has 1 aromatic carbocycles. The topological polar surface area (TPSA) is 44.8 Å². The van der Waals surface area contributed by atoms with E-state index in [0.717, 1.165) is 0 Å². The molecule has 0 aliphatic carbocycles. The summed E-state index contributed by atoms with van der Waals surface area (Å²) in [6.07, 6.45) is 0. The Morgan fingerprint density at radius 3 is 2.71 bits per heavy atom. The van der Waals surface area contributed by atoms with Crippen molar-refractivity contribution in [3.63, 3.8) is 0 Å². The van der Waals surface area contributed by atoms with Gasteiger partial charge in [-0.3, -0.25) is 4.79 Å². The number of ether oxygens (including phenoxy) is 3. The van der Waals surface area contributed by atoms with E-state index in [1.165, 1.54) is 11.3 Å². The van der Waals surface area contributed by atoms with Crippen LogP contribution in [0, 0.1) is 5.92 Å². The van der Waals surface area contributed by atoms with Gasteiger partial charge >= 0.3 is 0 Å². The summed E-state index contributed by atoms with van der Waals surface area (Å²) in [5.74, 6) is 2.32. The molecule has 0 bridgehead atoms. The van der Waals surface area contributed by atoms with Gasteiger partial charge in [0.25, 0.3) is 0 Å². The van der Waals surface area contributed by atoms with Crippen LogP contribution in [0.2, 0.25) is 0 Å². The second-order valence-corrected chi connectivity index (χ2v) is 5.98. The van der Waals surface area contributed by atoms with Crippen LogP contribution in [0.5, 0.6) is 17.2 Å². The van der Waals surface area contributed by atoms with Gasteiger partial charge in [0.2, 0.25) is 5.78 Å². The lowest BCUT2D eigenvalue weighted by molar-refractivity contribution is 0.104. The molecule has 3 rings (SSSR count). The number of rotatable bonds is 3. The van der Waals surface area contributed by atoms with Crippen molar-refractivity contribution in [2.45, 2.75) is 6.92 Å². The van der Waals surface area contributed by atoms with Gasteiger partial charge < -0.3 is 14.2 Å². The van der Waals surface area contributed by atoms with E-state index in [0.29, 0.717) is 46.8 Å². The Hall–Kier alpha value is -2.01. The maximum atomic E-state index is 12.5. The Labute approximate surface area is 127 Å². The lowest BCUT2D eigenvalue weighted by Gasteiger charge is -2.08. The Kier molecular flexibility index (Phi) is 3.84. The molecule has 21 heavy (non-hydrogen) atoms. The molecule has 0 spiro atoms. The van der Waals surface area contributed by atoms with E-state index in [1.807, 2.05) is 5.38 Å². The maximum Gasteiger partial charge on any atom is 0.203 e. The molecule has 5 heteroatoms. The summed E-state index contributed by atoms with van der Waals surface area (Å²) in [5, 5.41) is 1.82. The fraction of sp³-hybridized carbons (Fsp3) is 0.312. The number of ketones is 1. The Morgan fingerprint density at radius 2 is 2.00 bits per heavy atom. The molecule has 0 radical (unpaired) electrons. The van der Waals surface area contributed by atoms with Crippen LogP contribution in [0.25, 0.3) is 0 Å². The normalized spacial score (nSPS) is 17.1. The standard InChI is InChI=1S/C16H16O4S/c1-10-7-19-13-4-3-11(5-14(13)20-8-10)16(17)15-6-12(18-2)9-21-15/h3-6,9-10H,7-8H2,1-2H3. The first kappa shape index (κ1) is 13.9. The summed E-state index contributed by atoms with van der Waals surface area (Å²) >= 11 is 1.37. The summed E-state index contributed by atoms with van der Waals surface area (Å²) in [4.78, 5) is 13.1. The number of hydrogen-bond donors (Lipinski definition) is 0. The minimum atomic E-state index is -0.0352. The van der Waals surface area contributed by atoms with Gasteiger partial charge in [-0.2, -0.15) is 0 Å². The number of carbonyl (C=O) groups is 1. The van der Waals surface area contributed by atoms with Crippen LogP contribution < -0.4 is 14.2 Å². The number of benzene rings is 1. The summed E-state index contributed by atoms with van der Waals surface area (Å²) in [7, 11) is 1.59. The molecule has 1 atom stereocenters. The molecule has 2 aromatic rings. The summed E-state index contributed by atoms with van der Waals surface area (Å²) in [6.45, 7) is 3.29. The average molecular weight is 304 g/mol. The van der Waals surface area contributed by atoms with Crippen molar-refractivity contribution in [3.8, 4) is 17.2 Å². The third kappa shape index (κ3) is 2.88. The van der Waals surface area contributed by atoms with Crippen LogP contribution in [0.1, 0.15) is 22.2 Å². The molecular weight excluding hydrogens is 288 g/mol. The van der Waals surface area contributed by atoms with Gasteiger partial charge in [0.05, 0.1) is 25.2 Å². The van der Waals surface area contributed by atoms with Crippen LogP contribution in [0.3, 0.4) is 0 Å². The van der Waals surface area contributed by atoms with Gasteiger partial charge in [-0.15, -0.1) is 11.3 Å². The van der Waals surface area contributed by atoms with E-state index in [1.54, 1.807) is 31.4 Å². The molecule has 0 saturated heterocycles. The van der Waals surface area contributed by atoms with Crippen LogP contribution in [0.4, 0.5) is 0 Å². The molecule has 0 fully saturated rings. The molecular formula is C16H16O4S. The van der Waals surface area contributed by atoms with Crippen molar-refractivity contribution in [1.29, 1.82) is 0 Å². The van der Waals surface area contributed by atoms with Crippen LogP contribution in [0.15, 0.2) is 29.6 Å². The Morgan fingerprint density at radius 1 is 1.24 bits per heavy atom. The Bertz CT molecular complexity index is 662. The molecule has 1 aromatic heterocycles. The summed E-state index contributed by atoms with van der Waals surface area (Å²) < 4.78 is 16.5. The van der Waals surface area contributed by atoms with Crippen molar-refractivity contribution in [2.24, 2.45) is 5.92 Å². The molecule has 0 saturated carbocycles. The second kappa shape index (κ2) is 5.77. The van der Waals surface area contributed by atoms with Gasteiger partial charge in [0.1, 0.15) is 5.75 Å². The summed E-state index contributed by atoms with van der Waals surface area (Å²) in [6, 6.07) is 7.07. The predicted molar refractivity (Wildman–Crippen MR) is 80.9 cm³/mol. The van der Waals surface area contributed by atoms with E-state index in [9.17, 15) is 4.79 Å². The number of fused-ring (bicyclic) bond motifs is 1. The number of carbonyl (C=O) groups excluding carboxylic acids is 1. The highest BCUT2D eigenvalue weighted by molar-refractivity contribution is 7.12. The van der Waals surface area contributed by atoms with Gasteiger partial charge in [0, 0.05) is 22.9 Å². The molecule has 1 aliphatic rings. The molecule has 2 heterocycles. The third-order valence-corrected chi connectivity index (χ3v) is 4.19. The number of hydrogen-bond acceptors (Lipinski definition) is 5. The van der Waals surface area contributed by atoms with E-state index < -0.39 is 0 Å². The number of methoxy groups -OCH3 is 1. The molecule has 4 nitrogen and oxygen atoms in total. The molecule has 0 N–H and O–H groups in total. The van der Waals surface area contributed by atoms with E-state index >= 15 is 0 Å². The summed E-state index contributed by atoms with van der Waals surface area (Å²) in [5.41, 5.74) is 0.594. The lowest BCUT2D eigenvalue weighted by Crippen LogP contribution is -2.12. The van der Waals surface area contributed by atoms with E-state index in [2.05, 4.69) is 6.92 Å². The van der Waals surface area contributed by atoms with Gasteiger partial charge in [-0.05, 0) is 18.2 Å². The van der Waals surface area contributed by atoms with Crippen molar-refractivity contribution < 1.29 is 19.0 Å². The monoisotopic (exact) mass is 304 g/mol. The minimum absolute atomic E-state index is 0.0352. The quantitative estimate of drug-likeness (QED) is 0.815. The minimum Gasteiger partial charge on any atom is -0.496 e. The fourth-order valence-electron chi connectivity index (χ4n) is 2.08. The largest absolute Gasteiger partial charge is 0.496 e. The molecule has 1 aliphatic heterocycles. The molecule has 0 amide bonds. The van der Waals surface area contributed by atoms with Crippen LogP contribution in [-0.4, -0.2) is 26.1 Å². The zero-order chi connectivity index (χ0) is 14.8. The second-order valence-electron chi connectivity index (χ2n) is 5.07. The Balaban J connectivity index is 1.88. The number of thiophene rings is 1. The van der Waals surface area contributed by atoms with Gasteiger partial charge in [0.15, 0.2) is 11.5 Å². The molecule has 1 unspecified atom stereocenters. The highest BCUT2D eigenvalue weighted by Gasteiger charge is 2.18. The first-order valence-corrected chi connectivity index (χ1v) is 7.62. The highest BCUT2D eigenvalue weighted by Crippen LogP contribution is 2.33.